The molecule has 0 amide bonds. The summed E-state index contributed by atoms with van der Waals surface area (Å²) in [6.07, 6.45) is 11.3. The van der Waals surface area contributed by atoms with Gasteiger partial charge in [0.15, 0.2) is 11.6 Å². The molecule has 0 bridgehead atoms. The Balaban J connectivity index is 1.61. The van der Waals surface area contributed by atoms with E-state index >= 15 is 0 Å². The molecule has 0 aliphatic rings. The molecule has 4 heterocycles. The predicted octanol–water partition coefficient (Wildman–Crippen LogP) is 4.60. The highest BCUT2D eigenvalue weighted by molar-refractivity contribution is 5.51. The van der Waals surface area contributed by atoms with Gasteiger partial charge in [0.05, 0.1) is 11.9 Å². The Morgan fingerprint density at radius 2 is 1.44 bits per heavy atom. The first-order chi connectivity index (χ1) is 15.2. The van der Waals surface area contributed by atoms with Gasteiger partial charge in [-0.05, 0) is 41.7 Å². The van der Waals surface area contributed by atoms with Crippen LogP contribution in [-0.2, 0) is 17.3 Å². The van der Waals surface area contributed by atoms with Gasteiger partial charge in [0, 0.05) is 42.1 Å². The predicted molar refractivity (Wildman–Crippen MR) is 124 cm³/mol. The highest BCUT2D eigenvalue weighted by Crippen LogP contribution is 2.29. The third kappa shape index (κ3) is 4.82. The lowest BCUT2D eigenvalue weighted by Crippen LogP contribution is -2.21. The molecule has 0 aliphatic carbocycles. The number of hydrogen-bond donors (Lipinski definition) is 0. The molecule has 0 spiro atoms. The normalized spacial score (nSPS) is 12.0. The van der Waals surface area contributed by atoms with Crippen molar-refractivity contribution in [3.05, 3.63) is 78.4 Å². The molecule has 0 saturated carbocycles. The van der Waals surface area contributed by atoms with Crippen molar-refractivity contribution in [3.63, 3.8) is 0 Å². The maximum atomic E-state index is 4.80. The first-order valence-electron chi connectivity index (χ1n) is 10.6. The van der Waals surface area contributed by atoms with E-state index in [0.717, 1.165) is 29.1 Å². The zero-order valence-electron chi connectivity index (χ0n) is 19.1. The van der Waals surface area contributed by atoms with Crippen LogP contribution in [0.3, 0.4) is 0 Å². The Bertz CT molecular complexity index is 1210. The molecule has 4 rings (SSSR count). The Morgan fingerprint density at radius 1 is 0.719 bits per heavy atom. The first kappa shape index (κ1) is 21.6. The molecule has 32 heavy (non-hydrogen) atoms. The lowest BCUT2D eigenvalue weighted by atomic mass is 9.80. The van der Waals surface area contributed by atoms with Crippen molar-refractivity contribution < 1.29 is 0 Å². The van der Waals surface area contributed by atoms with Gasteiger partial charge < -0.3 is 0 Å². The van der Waals surface area contributed by atoms with Crippen LogP contribution in [0.2, 0.25) is 0 Å². The third-order valence-corrected chi connectivity index (χ3v) is 5.30. The summed E-state index contributed by atoms with van der Waals surface area (Å²) in [6, 6.07) is 7.84. The summed E-state index contributed by atoms with van der Waals surface area (Å²) in [7, 11) is 0. The van der Waals surface area contributed by atoms with Crippen molar-refractivity contribution in [1.29, 1.82) is 0 Å². The van der Waals surface area contributed by atoms with Gasteiger partial charge in [0.25, 0.3) is 0 Å². The summed E-state index contributed by atoms with van der Waals surface area (Å²) in [5, 5.41) is 0. The molecule has 0 aromatic carbocycles. The van der Waals surface area contributed by atoms with Gasteiger partial charge >= 0.3 is 0 Å². The number of hydrogen-bond acceptors (Lipinski definition) is 7. The minimum Gasteiger partial charge on any atom is -0.260 e. The van der Waals surface area contributed by atoms with Gasteiger partial charge in [-0.3, -0.25) is 9.97 Å². The summed E-state index contributed by atoms with van der Waals surface area (Å²) < 4.78 is 0. The van der Waals surface area contributed by atoms with Crippen molar-refractivity contribution in [2.45, 2.75) is 51.9 Å². The highest BCUT2D eigenvalue weighted by atomic mass is 14.9. The Labute approximate surface area is 188 Å². The summed E-state index contributed by atoms with van der Waals surface area (Å²) in [6.45, 7) is 10.7. The molecule has 7 heteroatoms. The third-order valence-electron chi connectivity index (χ3n) is 5.30. The largest absolute Gasteiger partial charge is 0.260 e. The minimum atomic E-state index is -0.184. The van der Waals surface area contributed by atoms with E-state index in [4.69, 9.17) is 9.97 Å². The van der Waals surface area contributed by atoms with E-state index in [2.05, 4.69) is 65.6 Å². The zero-order chi connectivity index (χ0) is 22.8. The molecule has 0 fully saturated rings. The van der Waals surface area contributed by atoms with Gasteiger partial charge in [-0.25, -0.2) is 24.9 Å². The van der Waals surface area contributed by atoms with E-state index in [1.54, 1.807) is 37.1 Å². The fourth-order valence-electron chi connectivity index (χ4n) is 3.41. The molecule has 162 valence electrons. The molecule has 0 N–H and O–H groups in total. The fraction of sp³-hybridized carbons (Fsp3) is 0.320. The standard InChI is InChI=1S/C25H27N7/c1-24(2,3)21-16-26-15-20(32-21)23-30-12-8-18(31-23)14-25(4,5)17-7-11-27-19(13-17)22-28-9-6-10-29-22/h6-13,15-16H,14H2,1-5H3. The van der Waals surface area contributed by atoms with Crippen LogP contribution in [0.25, 0.3) is 23.0 Å². The molecule has 0 radical (unpaired) electrons. The van der Waals surface area contributed by atoms with Crippen LogP contribution in [0.4, 0.5) is 0 Å². The van der Waals surface area contributed by atoms with Gasteiger partial charge in [-0.15, -0.1) is 0 Å². The van der Waals surface area contributed by atoms with Crippen molar-refractivity contribution >= 4 is 0 Å². The number of nitrogens with zero attached hydrogens (tertiary/aromatic N) is 7. The van der Waals surface area contributed by atoms with E-state index in [1.165, 1.54) is 0 Å². The van der Waals surface area contributed by atoms with Gasteiger partial charge in [0.2, 0.25) is 0 Å². The van der Waals surface area contributed by atoms with Crippen molar-refractivity contribution in [2.24, 2.45) is 0 Å². The minimum absolute atomic E-state index is 0.0931. The lowest BCUT2D eigenvalue weighted by Gasteiger charge is -2.25. The average molecular weight is 426 g/mol. The van der Waals surface area contributed by atoms with Crippen molar-refractivity contribution in [2.75, 3.05) is 0 Å². The topological polar surface area (TPSA) is 90.2 Å². The van der Waals surface area contributed by atoms with Crippen LogP contribution in [0.1, 0.15) is 51.6 Å². The number of pyridine rings is 1. The monoisotopic (exact) mass is 425 g/mol. The highest BCUT2D eigenvalue weighted by Gasteiger charge is 2.24. The van der Waals surface area contributed by atoms with Crippen LogP contribution in [0.5, 0.6) is 0 Å². The molecule has 4 aromatic rings. The van der Waals surface area contributed by atoms with Crippen LogP contribution >= 0.6 is 0 Å². The number of rotatable bonds is 5. The second-order valence-electron chi connectivity index (χ2n) is 9.47. The van der Waals surface area contributed by atoms with E-state index in [0.29, 0.717) is 17.3 Å². The molecular formula is C25H27N7. The molecule has 7 nitrogen and oxygen atoms in total. The van der Waals surface area contributed by atoms with Crippen molar-refractivity contribution in [3.8, 4) is 23.0 Å². The van der Waals surface area contributed by atoms with Crippen LogP contribution in [0, 0.1) is 0 Å². The molecular weight excluding hydrogens is 398 g/mol. The van der Waals surface area contributed by atoms with Gasteiger partial charge in [0.1, 0.15) is 11.4 Å². The van der Waals surface area contributed by atoms with Crippen molar-refractivity contribution in [1.82, 2.24) is 34.9 Å². The maximum absolute atomic E-state index is 4.80. The van der Waals surface area contributed by atoms with Gasteiger partial charge in [-0.1, -0.05) is 34.6 Å². The first-order valence-corrected chi connectivity index (χ1v) is 10.6. The SMILES string of the molecule is CC(C)(C)c1cncc(-c2nccc(CC(C)(C)c3ccnc(-c4ncccn4)c3)n2)n1. The molecule has 0 aliphatic heterocycles. The van der Waals surface area contributed by atoms with Crippen LogP contribution in [-0.4, -0.2) is 34.9 Å². The molecule has 0 unspecified atom stereocenters. The van der Waals surface area contributed by atoms with Crippen LogP contribution in [0.15, 0.2) is 61.4 Å². The molecule has 0 saturated heterocycles. The number of aromatic nitrogens is 7. The second-order valence-corrected chi connectivity index (χ2v) is 9.47. The molecule has 0 atom stereocenters. The van der Waals surface area contributed by atoms with Crippen LogP contribution < -0.4 is 0 Å². The Morgan fingerprint density at radius 3 is 2.19 bits per heavy atom. The average Bonchev–Trinajstić information content (AvgIpc) is 2.79. The Kier molecular flexibility index (Phi) is 5.74. The quantitative estimate of drug-likeness (QED) is 0.461. The Hall–Kier alpha value is -3.61. The van der Waals surface area contributed by atoms with E-state index in [9.17, 15) is 0 Å². The summed E-state index contributed by atoms with van der Waals surface area (Å²) in [5.41, 5.74) is 4.17. The lowest BCUT2D eigenvalue weighted by molar-refractivity contribution is 0.514. The van der Waals surface area contributed by atoms with E-state index < -0.39 is 0 Å². The second kappa shape index (κ2) is 8.49. The fourth-order valence-corrected chi connectivity index (χ4v) is 3.41. The molecule has 4 aromatic heterocycles. The maximum Gasteiger partial charge on any atom is 0.179 e. The summed E-state index contributed by atoms with van der Waals surface area (Å²) >= 11 is 0. The van der Waals surface area contributed by atoms with E-state index in [1.807, 2.05) is 18.3 Å². The summed E-state index contributed by atoms with van der Waals surface area (Å²) in [4.78, 5) is 31.4. The zero-order valence-corrected chi connectivity index (χ0v) is 19.1. The van der Waals surface area contributed by atoms with Gasteiger partial charge in [-0.2, -0.15) is 0 Å². The summed E-state index contributed by atoms with van der Waals surface area (Å²) in [5.74, 6) is 1.21. The smallest absolute Gasteiger partial charge is 0.179 e. The van der Waals surface area contributed by atoms with E-state index in [-0.39, 0.29) is 10.8 Å².